The Balaban J connectivity index is 0.000000917. The highest BCUT2D eigenvalue weighted by atomic mass is 32.1. The van der Waals surface area contributed by atoms with Gasteiger partial charge in [0.2, 0.25) is 0 Å². The molecule has 2 unspecified atom stereocenters. The normalized spacial score (nSPS) is 17.4. The number of hydrogen-bond acceptors (Lipinski definition) is 6. The van der Waals surface area contributed by atoms with Crippen LogP contribution in [-0.2, 0) is 4.79 Å². The van der Waals surface area contributed by atoms with E-state index in [0.717, 1.165) is 52.1 Å². The standard InChI is InChI=1S/C24H25N5O2S.CH2O2/c1-26-22(30)15-7-5-14(6-8-15)19-13-29-20-10-9-16(11-21(20)32-24(29)28-19)23(31)27-18-4-2-3-17(25)12-18;2-1-3/h5-11,13,17-18H,2-4,12,25H2,1H3,(H,26,30)(H,27,31);1H,(H,2,3). The van der Waals surface area contributed by atoms with Crippen LogP contribution in [0.1, 0.15) is 46.4 Å². The van der Waals surface area contributed by atoms with E-state index in [0.29, 0.717) is 11.1 Å². The minimum absolute atomic E-state index is 0.0473. The Labute approximate surface area is 206 Å². The molecule has 2 atom stereocenters. The van der Waals surface area contributed by atoms with Crippen LogP contribution in [0.5, 0.6) is 0 Å². The number of rotatable bonds is 4. The molecule has 2 aromatic heterocycles. The molecule has 35 heavy (non-hydrogen) atoms. The Morgan fingerprint density at radius 1 is 1.14 bits per heavy atom. The summed E-state index contributed by atoms with van der Waals surface area (Å²) in [5.41, 5.74) is 10.1. The summed E-state index contributed by atoms with van der Waals surface area (Å²) in [4.78, 5) is 38.5. The number of hydrogen-bond donors (Lipinski definition) is 4. The van der Waals surface area contributed by atoms with Crippen molar-refractivity contribution in [3.8, 4) is 11.3 Å². The second kappa shape index (κ2) is 10.7. The zero-order valence-electron chi connectivity index (χ0n) is 19.2. The maximum atomic E-state index is 12.8. The second-order valence-corrected chi connectivity index (χ2v) is 9.43. The Morgan fingerprint density at radius 2 is 1.86 bits per heavy atom. The predicted molar refractivity (Wildman–Crippen MR) is 136 cm³/mol. The average Bonchev–Trinajstić information content (AvgIpc) is 3.42. The number of nitrogens with two attached hydrogens (primary N) is 1. The Hall–Kier alpha value is -3.76. The third kappa shape index (κ3) is 5.33. The van der Waals surface area contributed by atoms with Crippen LogP contribution >= 0.6 is 11.3 Å². The van der Waals surface area contributed by atoms with Crippen molar-refractivity contribution >= 4 is 44.8 Å². The summed E-state index contributed by atoms with van der Waals surface area (Å²) < 4.78 is 3.06. The molecule has 0 spiro atoms. The first-order chi connectivity index (χ1) is 16.9. The Kier molecular flexibility index (Phi) is 7.42. The molecular formula is C25H27N5O4S. The van der Waals surface area contributed by atoms with Crippen molar-refractivity contribution in [2.45, 2.75) is 37.8 Å². The third-order valence-corrected chi connectivity index (χ3v) is 7.09. The van der Waals surface area contributed by atoms with Crippen molar-refractivity contribution < 1.29 is 19.5 Å². The molecule has 9 nitrogen and oxygen atoms in total. The molecule has 0 radical (unpaired) electrons. The van der Waals surface area contributed by atoms with E-state index in [9.17, 15) is 9.59 Å². The van der Waals surface area contributed by atoms with Gasteiger partial charge in [-0.1, -0.05) is 23.5 Å². The molecule has 4 aromatic rings. The van der Waals surface area contributed by atoms with Crippen LogP contribution in [0.4, 0.5) is 0 Å². The highest BCUT2D eigenvalue weighted by molar-refractivity contribution is 7.23. The Morgan fingerprint density at radius 3 is 2.54 bits per heavy atom. The first kappa shape index (κ1) is 24.4. The number of nitrogens with one attached hydrogen (secondary N) is 2. The molecule has 5 rings (SSSR count). The van der Waals surface area contributed by atoms with Gasteiger partial charge >= 0.3 is 0 Å². The predicted octanol–water partition coefficient (Wildman–Crippen LogP) is 3.28. The van der Waals surface area contributed by atoms with E-state index in [1.165, 1.54) is 0 Å². The molecule has 2 heterocycles. The number of fused-ring (bicyclic) bond motifs is 3. The van der Waals surface area contributed by atoms with Crippen molar-refractivity contribution in [3.63, 3.8) is 0 Å². The molecule has 5 N–H and O–H groups in total. The molecule has 1 aliphatic carbocycles. The summed E-state index contributed by atoms with van der Waals surface area (Å²) in [6.07, 6.45) is 5.92. The van der Waals surface area contributed by atoms with Crippen LogP contribution in [0.25, 0.3) is 26.4 Å². The van der Waals surface area contributed by atoms with Gasteiger partial charge in [-0.2, -0.15) is 0 Å². The molecule has 182 valence electrons. The van der Waals surface area contributed by atoms with Gasteiger partial charge in [0.15, 0.2) is 4.96 Å². The molecule has 0 bridgehead atoms. The van der Waals surface area contributed by atoms with Crippen LogP contribution in [0.2, 0.25) is 0 Å². The van der Waals surface area contributed by atoms with Gasteiger partial charge in [-0.05, 0) is 56.0 Å². The lowest BCUT2D eigenvalue weighted by molar-refractivity contribution is -0.122. The first-order valence-corrected chi connectivity index (χ1v) is 12.1. The summed E-state index contributed by atoms with van der Waals surface area (Å²) in [6.45, 7) is -0.250. The summed E-state index contributed by atoms with van der Waals surface area (Å²) in [7, 11) is 1.62. The van der Waals surface area contributed by atoms with E-state index in [4.69, 9.17) is 20.6 Å². The lowest BCUT2D eigenvalue weighted by Gasteiger charge is -2.27. The number of carboxylic acid groups (broad SMARTS) is 1. The molecule has 1 fully saturated rings. The van der Waals surface area contributed by atoms with Crippen molar-refractivity contribution in [1.29, 1.82) is 0 Å². The molecule has 0 saturated heterocycles. The Bertz CT molecular complexity index is 1360. The number of benzene rings is 2. The maximum Gasteiger partial charge on any atom is 0.290 e. The fraction of sp³-hybridized carbons (Fsp3) is 0.280. The number of nitrogens with zero attached hydrogens (tertiary/aromatic N) is 2. The highest BCUT2D eigenvalue weighted by Crippen LogP contribution is 2.30. The lowest BCUT2D eigenvalue weighted by atomic mass is 9.91. The minimum atomic E-state index is -0.250. The van der Waals surface area contributed by atoms with E-state index in [2.05, 4.69) is 10.6 Å². The molecule has 2 amide bonds. The van der Waals surface area contributed by atoms with Crippen molar-refractivity contribution in [2.24, 2.45) is 5.73 Å². The van der Waals surface area contributed by atoms with Gasteiger partial charge in [-0.25, -0.2) is 4.98 Å². The van der Waals surface area contributed by atoms with Gasteiger partial charge in [0.05, 0.1) is 15.9 Å². The molecule has 0 aliphatic heterocycles. The lowest BCUT2D eigenvalue weighted by Crippen LogP contribution is -2.42. The summed E-state index contributed by atoms with van der Waals surface area (Å²) in [5.74, 6) is -0.159. The molecule has 1 saturated carbocycles. The zero-order chi connectivity index (χ0) is 24.9. The van der Waals surface area contributed by atoms with Gasteiger partial charge in [-0.15, -0.1) is 0 Å². The van der Waals surface area contributed by atoms with E-state index in [-0.39, 0.29) is 30.4 Å². The van der Waals surface area contributed by atoms with Gasteiger partial charge < -0.3 is 21.5 Å². The van der Waals surface area contributed by atoms with Crippen molar-refractivity contribution in [1.82, 2.24) is 20.0 Å². The van der Waals surface area contributed by atoms with Crippen LogP contribution < -0.4 is 16.4 Å². The SMILES string of the molecule is CNC(=O)c1ccc(-c2cn3c(n2)sc2cc(C(=O)NC4CCCC(N)C4)ccc23)cc1.O=CO. The summed E-state index contributed by atoms with van der Waals surface area (Å²) in [6, 6.07) is 13.5. The fourth-order valence-corrected chi connectivity index (χ4v) is 5.39. The number of thiazole rings is 1. The second-order valence-electron chi connectivity index (χ2n) is 8.42. The van der Waals surface area contributed by atoms with E-state index >= 15 is 0 Å². The van der Waals surface area contributed by atoms with E-state index in [1.54, 1.807) is 30.5 Å². The van der Waals surface area contributed by atoms with Gasteiger partial charge in [0.25, 0.3) is 18.3 Å². The van der Waals surface area contributed by atoms with Crippen LogP contribution in [-0.4, -0.2) is 51.9 Å². The fourth-order valence-electron chi connectivity index (χ4n) is 4.35. The van der Waals surface area contributed by atoms with Gasteiger partial charge in [0, 0.05) is 42.0 Å². The van der Waals surface area contributed by atoms with Gasteiger partial charge in [-0.3, -0.25) is 18.8 Å². The number of imidazole rings is 1. The zero-order valence-corrected chi connectivity index (χ0v) is 20.0. The van der Waals surface area contributed by atoms with Crippen molar-refractivity contribution in [3.05, 3.63) is 59.8 Å². The highest BCUT2D eigenvalue weighted by Gasteiger charge is 2.21. The van der Waals surface area contributed by atoms with Crippen LogP contribution in [0.15, 0.2) is 48.7 Å². The molecule has 2 aromatic carbocycles. The smallest absolute Gasteiger partial charge is 0.290 e. The van der Waals surface area contributed by atoms with Gasteiger partial charge in [0.1, 0.15) is 0 Å². The average molecular weight is 494 g/mol. The first-order valence-electron chi connectivity index (χ1n) is 11.3. The summed E-state index contributed by atoms with van der Waals surface area (Å²) in [5, 5.41) is 12.7. The summed E-state index contributed by atoms with van der Waals surface area (Å²) >= 11 is 1.55. The quantitative estimate of drug-likeness (QED) is 0.322. The minimum Gasteiger partial charge on any atom is -0.483 e. The maximum absolute atomic E-state index is 12.8. The largest absolute Gasteiger partial charge is 0.483 e. The number of carbonyl (C=O) groups is 3. The van der Waals surface area contributed by atoms with Crippen LogP contribution in [0, 0.1) is 0 Å². The van der Waals surface area contributed by atoms with Crippen LogP contribution in [0.3, 0.4) is 0 Å². The van der Waals surface area contributed by atoms with E-state index in [1.807, 2.05) is 40.9 Å². The number of carbonyl (C=O) groups excluding carboxylic acids is 2. The molecule has 1 aliphatic rings. The van der Waals surface area contributed by atoms with E-state index < -0.39 is 0 Å². The third-order valence-electron chi connectivity index (χ3n) is 6.08. The topological polar surface area (TPSA) is 139 Å². The molecular weight excluding hydrogens is 466 g/mol. The number of aromatic nitrogens is 2. The number of amides is 2. The van der Waals surface area contributed by atoms with Crippen molar-refractivity contribution in [2.75, 3.05) is 7.05 Å². The molecule has 10 heteroatoms. The monoisotopic (exact) mass is 493 g/mol.